The Labute approximate surface area is 361 Å². The quantitative estimate of drug-likeness (QED) is 0.0586. The van der Waals surface area contributed by atoms with E-state index in [1.54, 1.807) is 0 Å². The van der Waals surface area contributed by atoms with E-state index in [2.05, 4.69) is 38.1 Å². The Morgan fingerprint density at radius 3 is 0.831 bits per heavy atom. The van der Waals surface area contributed by atoms with Crippen LogP contribution in [0.15, 0.2) is 24.3 Å². The van der Waals surface area contributed by atoms with Crippen LogP contribution in [0.3, 0.4) is 0 Å². The van der Waals surface area contributed by atoms with Crippen molar-refractivity contribution in [2.75, 3.05) is 139 Å². The van der Waals surface area contributed by atoms with Gasteiger partial charge in [-0.1, -0.05) is 129 Å². The molecule has 0 aliphatic heterocycles. The topological polar surface area (TPSA) is 102 Å². The summed E-state index contributed by atoms with van der Waals surface area (Å²) in [4.78, 5) is 0. The maximum Gasteiger partial charge on any atom is 0.119 e. The van der Waals surface area contributed by atoms with Crippen LogP contribution in [0, 0.1) is 0 Å². The molecule has 0 aliphatic rings. The van der Waals surface area contributed by atoms with E-state index < -0.39 is 0 Å². The third-order valence-corrected chi connectivity index (χ3v) is 9.73. The molecule has 0 heterocycles. The van der Waals surface area contributed by atoms with Crippen molar-refractivity contribution in [3.05, 3.63) is 29.8 Å². The standard InChI is InChI=1S/C48H90O11/c1-3-5-7-9-11-12-13-14-16-18-20-26-49-27-28-50-29-30-51-31-32-52-33-34-53-35-36-54-37-38-55-39-40-56-41-42-57-43-44-58-45-46-59-48-24-22-47(23-25-48)21-19-17-15-10-8-6-4-2/h22-25H,3-21,26-46H2,1-2H3. The van der Waals surface area contributed by atoms with E-state index in [1.165, 1.54) is 115 Å². The maximum atomic E-state index is 5.80. The van der Waals surface area contributed by atoms with Crippen LogP contribution in [0.25, 0.3) is 0 Å². The van der Waals surface area contributed by atoms with E-state index in [0.717, 1.165) is 25.2 Å². The van der Waals surface area contributed by atoms with Crippen LogP contribution in [0.4, 0.5) is 0 Å². The maximum absolute atomic E-state index is 5.80. The Morgan fingerprint density at radius 1 is 0.254 bits per heavy atom. The number of aryl methyl sites for hydroxylation is 1. The molecule has 0 aliphatic carbocycles. The Bertz CT molecular complexity index is 907. The number of unbranched alkanes of at least 4 members (excludes halogenated alkanes) is 16. The second kappa shape index (κ2) is 49.3. The number of rotatable bonds is 51. The van der Waals surface area contributed by atoms with Gasteiger partial charge in [-0.25, -0.2) is 0 Å². The first-order chi connectivity index (χ1) is 29.4. The average molecular weight is 843 g/mol. The van der Waals surface area contributed by atoms with Crippen molar-refractivity contribution in [2.45, 2.75) is 136 Å². The Morgan fingerprint density at radius 2 is 0.508 bits per heavy atom. The van der Waals surface area contributed by atoms with Gasteiger partial charge >= 0.3 is 0 Å². The fraction of sp³-hybridized carbons (Fsp3) is 0.875. The molecule has 59 heavy (non-hydrogen) atoms. The SMILES string of the molecule is CCCCCCCCCCCCCOCCOCCOCCOCCOCCOCCOCCOCCOCCOCCOc1ccc(CCCCCCCCC)cc1. The molecule has 0 radical (unpaired) electrons. The Hall–Kier alpha value is -1.38. The minimum atomic E-state index is 0.521. The third kappa shape index (κ3) is 44.5. The predicted octanol–water partition coefficient (Wildman–Crippen LogP) is 9.84. The molecule has 1 rings (SSSR count). The monoisotopic (exact) mass is 843 g/mol. The molecule has 0 bridgehead atoms. The van der Waals surface area contributed by atoms with Gasteiger partial charge in [0.15, 0.2) is 0 Å². The molecule has 0 aromatic heterocycles. The molecule has 1 aromatic carbocycles. The molecular weight excluding hydrogens is 753 g/mol. The van der Waals surface area contributed by atoms with Gasteiger partial charge in [-0.05, 0) is 37.0 Å². The van der Waals surface area contributed by atoms with Gasteiger partial charge in [-0.3, -0.25) is 0 Å². The Kier molecular flexibility index (Phi) is 46.5. The largest absolute Gasteiger partial charge is 0.491 e. The van der Waals surface area contributed by atoms with Crippen molar-refractivity contribution in [3.8, 4) is 5.75 Å². The molecule has 11 heteroatoms. The van der Waals surface area contributed by atoms with Gasteiger partial charge in [0, 0.05) is 6.61 Å². The molecule has 1 aromatic rings. The summed E-state index contributed by atoms with van der Waals surface area (Å²) in [6.45, 7) is 16.2. The second-order valence-corrected chi connectivity index (χ2v) is 15.0. The number of ether oxygens (including phenoxy) is 11. The second-order valence-electron chi connectivity index (χ2n) is 15.0. The van der Waals surface area contributed by atoms with Crippen molar-refractivity contribution in [2.24, 2.45) is 0 Å². The van der Waals surface area contributed by atoms with Crippen molar-refractivity contribution < 1.29 is 52.1 Å². The van der Waals surface area contributed by atoms with E-state index in [0.29, 0.717) is 132 Å². The van der Waals surface area contributed by atoms with E-state index in [1.807, 2.05) is 0 Å². The average Bonchev–Trinajstić information content (AvgIpc) is 3.25. The lowest BCUT2D eigenvalue weighted by Crippen LogP contribution is -2.15. The Balaban J connectivity index is 1.66. The lowest BCUT2D eigenvalue weighted by molar-refractivity contribution is -0.0267. The smallest absolute Gasteiger partial charge is 0.119 e. The van der Waals surface area contributed by atoms with E-state index >= 15 is 0 Å². The lowest BCUT2D eigenvalue weighted by Gasteiger charge is -2.09. The highest BCUT2D eigenvalue weighted by molar-refractivity contribution is 5.27. The first-order valence-corrected chi connectivity index (χ1v) is 23.9. The van der Waals surface area contributed by atoms with Gasteiger partial charge in [0.05, 0.1) is 126 Å². The van der Waals surface area contributed by atoms with Gasteiger partial charge in [0.25, 0.3) is 0 Å². The zero-order chi connectivity index (χ0) is 42.0. The first-order valence-electron chi connectivity index (χ1n) is 23.9. The summed E-state index contributed by atoms with van der Waals surface area (Å²) in [7, 11) is 0. The van der Waals surface area contributed by atoms with Crippen LogP contribution in [0.5, 0.6) is 5.75 Å². The van der Waals surface area contributed by atoms with Crippen molar-refractivity contribution >= 4 is 0 Å². The summed E-state index contributed by atoms with van der Waals surface area (Å²) in [5.41, 5.74) is 1.38. The van der Waals surface area contributed by atoms with Gasteiger partial charge in [-0.2, -0.15) is 0 Å². The summed E-state index contributed by atoms with van der Waals surface area (Å²) >= 11 is 0. The number of benzene rings is 1. The third-order valence-electron chi connectivity index (χ3n) is 9.73. The highest BCUT2D eigenvalue weighted by atomic mass is 16.6. The normalized spacial score (nSPS) is 11.6. The van der Waals surface area contributed by atoms with E-state index in [9.17, 15) is 0 Å². The highest BCUT2D eigenvalue weighted by Crippen LogP contribution is 2.15. The van der Waals surface area contributed by atoms with Gasteiger partial charge in [0.1, 0.15) is 12.4 Å². The van der Waals surface area contributed by atoms with E-state index in [-0.39, 0.29) is 0 Å². The van der Waals surface area contributed by atoms with Gasteiger partial charge < -0.3 is 52.1 Å². The molecule has 0 unspecified atom stereocenters. The molecule has 0 fully saturated rings. The molecule has 0 spiro atoms. The van der Waals surface area contributed by atoms with Crippen molar-refractivity contribution in [1.82, 2.24) is 0 Å². The van der Waals surface area contributed by atoms with Gasteiger partial charge in [-0.15, -0.1) is 0 Å². The lowest BCUT2D eigenvalue weighted by atomic mass is 10.0. The molecule has 0 saturated heterocycles. The summed E-state index contributed by atoms with van der Waals surface area (Å²) in [5, 5.41) is 0. The summed E-state index contributed by atoms with van der Waals surface area (Å²) in [5.74, 6) is 0.890. The van der Waals surface area contributed by atoms with E-state index in [4.69, 9.17) is 52.1 Å². The molecular formula is C48H90O11. The molecule has 0 N–H and O–H groups in total. The van der Waals surface area contributed by atoms with Crippen LogP contribution in [0.2, 0.25) is 0 Å². The minimum absolute atomic E-state index is 0.521. The first kappa shape index (κ1) is 55.6. The van der Waals surface area contributed by atoms with Crippen LogP contribution in [-0.4, -0.2) is 139 Å². The zero-order valence-electron chi connectivity index (χ0n) is 38.1. The van der Waals surface area contributed by atoms with Crippen LogP contribution >= 0.6 is 0 Å². The summed E-state index contributed by atoms with van der Waals surface area (Å²) in [6, 6.07) is 8.47. The zero-order valence-corrected chi connectivity index (χ0v) is 38.1. The number of hydrogen-bond acceptors (Lipinski definition) is 11. The molecule has 0 saturated carbocycles. The summed E-state index contributed by atoms with van der Waals surface area (Å²) in [6.07, 6.45) is 25.4. The molecule has 0 amide bonds. The van der Waals surface area contributed by atoms with Crippen molar-refractivity contribution in [1.29, 1.82) is 0 Å². The number of hydrogen-bond donors (Lipinski definition) is 0. The minimum Gasteiger partial charge on any atom is -0.491 e. The molecule has 0 atom stereocenters. The van der Waals surface area contributed by atoms with Gasteiger partial charge in [0.2, 0.25) is 0 Å². The fourth-order valence-corrected chi connectivity index (χ4v) is 6.21. The van der Waals surface area contributed by atoms with Crippen LogP contribution in [-0.2, 0) is 53.8 Å². The molecule has 11 nitrogen and oxygen atoms in total. The van der Waals surface area contributed by atoms with Crippen LogP contribution in [0.1, 0.15) is 135 Å². The fourth-order valence-electron chi connectivity index (χ4n) is 6.21. The van der Waals surface area contributed by atoms with Crippen LogP contribution < -0.4 is 4.74 Å². The highest BCUT2D eigenvalue weighted by Gasteiger charge is 2.00. The molecule has 348 valence electrons. The van der Waals surface area contributed by atoms with Crippen molar-refractivity contribution in [3.63, 3.8) is 0 Å². The predicted molar refractivity (Wildman–Crippen MR) is 238 cm³/mol. The summed E-state index contributed by atoms with van der Waals surface area (Å²) < 4.78 is 61.5.